The SMILES string of the molecule is CCOc1cc(Cl)cc(N=NC(C(C)=O)C(=O)Nc2cc(OC)c(OC)cc2Cl)c1OCC. The van der Waals surface area contributed by atoms with Crippen molar-refractivity contribution in [1.82, 2.24) is 0 Å². The number of methoxy groups -OCH3 is 2. The second kappa shape index (κ2) is 12.3. The van der Waals surface area contributed by atoms with Gasteiger partial charge < -0.3 is 24.3 Å². The van der Waals surface area contributed by atoms with Gasteiger partial charge in [0, 0.05) is 23.2 Å². The number of carbonyl (C=O) groups excluding carboxylic acids is 2. The van der Waals surface area contributed by atoms with Gasteiger partial charge in [0.05, 0.1) is 38.1 Å². The fourth-order valence-electron chi connectivity index (χ4n) is 2.77. The first-order chi connectivity index (χ1) is 15.7. The van der Waals surface area contributed by atoms with Gasteiger partial charge in [0.25, 0.3) is 5.91 Å². The van der Waals surface area contributed by atoms with Crippen molar-refractivity contribution in [3.63, 3.8) is 0 Å². The molecule has 178 valence electrons. The topological polar surface area (TPSA) is 108 Å². The molecule has 0 aliphatic carbocycles. The van der Waals surface area contributed by atoms with E-state index in [4.69, 9.17) is 42.1 Å². The van der Waals surface area contributed by atoms with Crippen LogP contribution in [0, 0.1) is 0 Å². The highest BCUT2D eigenvalue weighted by atomic mass is 35.5. The number of nitrogens with zero attached hydrogens (tertiary/aromatic N) is 2. The highest BCUT2D eigenvalue weighted by Crippen LogP contribution is 2.41. The van der Waals surface area contributed by atoms with Crippen molar-refractivity contribution in [3.05, 3.63) is 34.3 Å². The summed E-state index contributed by atoms with van der Waals surface area (Å²) in [4.78, 5) is 25.0. The smallest absolute Gasteiger partial charge is 0.258 e. The average molecular weight is 498 g/mol. The van der Waals surface area contributed by atoms with Gasteiger partial charge in [-0.2, -0.15) is 10.2 Å². The van der Waals surface area contributed by atoms with E-state index in [-0.39, 0.29) is 16.4 Å². The molecule has 2 rings (SSSR count). The number of rotatable bonds is 11. The van der Waals surface area contributed by atoms with Crippen molar-refractivity contribution in [3.8, 4) is 23.0 Å². The average Bonchev–Trinajstić information content (AvgIpc) is 2.77. The van der Waals surface area contributed by atoms with Gasteiger partial charge in [-0.15, -0.1) is 0 Å². The third-order valence-corrected chi connectivity index (χ3v) is 4.76. The van der Waals surface area contributed by atoms with Crippen LogP contribution in [0.2, 0.25) is 10.0 Å². The van der Waals surface area contributed by atoms with Gasteiger partial charge in [-0.25, -0.2) is 0 Å². The predicted molar refractivity (Wildman–Crippen MR) is 126 cm³/mol. The lowest BCUT2D eigenvalue weighted by Gasteiger charge is -2.15. The van der Waals surface area contributed by atoms with Crippen LogP contribution in [0.3, 0.4) is 0 Å². The van der Waals surface area contributed by atoms with E-state index in [9.17, 15) is 9.59 Å². The molecule has 0 saturated heterocycles. The molecule has 1 atom stereocenters. The highest BCUT2D eigenvalue weighted by molar-refractivity contribution is 6.34. The van der Waals surface area contributed by atoms with E-state index in [1.165, 1.54) is 39.3 Å². The van der Waals surface area contributed by atoms with Crippen LogP contribution < -0.4 is 24.3 Å². The molecule has 0 spiro atoms. The van der Waals surface area contributed by atoms with Crippen LogP contribution in [0.25, 0.3) is 0 Å². The van der Waals surface area contributed by atoms with Gasteiger partial charge in [0.1, 0.15) is 5.69 Å². The van der Waals surface area contributed by atoms with Gasteiger partial charge in [-0.3, -0.25) is 9.59 Å². The molecule has 0 bridgehead atoms. The summed E-state index contributed by atoms with van der Waals surface area (Å²) < 4.78 is 21.6. The Morgan fingerprint density at radius 3 is 2.18 bits per heavy atom. The minimum atomic E-state index is -1.45. The Kier molecular flexibility index (Phi) is 9.74. The van der Waals surface area contributed by atoms with Gasteiger partial charge in [-0.05, 0) is 26.8 Å². The molecular formula is C22H25Cl2N3O6. The molecule has 0 fully saturated rings. The van der Waals surface area contributed by atoms with Crippen LogP contribution in [-0.2, 0) is 9.59 Å². The molecule has 33 heavy (non-hydrogen) atoms. The van der Waals surface area contributed by atoms with Gasteiger partial charge in [-0.1, -0.05) is 23.2 Å². The molecular weight excluding hydrogens is 473 g/mol. The van der Waals surface area contributed by atoms with Crippen molar-refractivity contribution >= 4 is 46.3 Å². The summed E-state index contributed by atoms with van der Waals surface area (Å²) in [6.45, 7) is 5.55. The number of ketones is 1. The van der Waals surface area contributed by atoms with Crippen molar-refractivity contribution in [2.45, 2.75) is 26.8 Å². The molecule has 0 heterocycles. The molecule has 0 aliphatic heterocycles. The maximum atomic E-state index is 12.8. The standard InChI is InChI=1S/C22H25Cl2N3O6/c1-6-32-19-9-13(23)8-16(21(19)33-7-2)26-27-20(12(3)28)22(29)25-15-11-18(31-5)17(30-4)10-14(15)24/h8-11,20H,6-7H2,1-5H3,(H,25,29). The number of benzene rings is 2. The molecule has 0 aliphatic rings. The van der Waals surface area contributed by atoms with Crippen LogP contribution in [0.15, 0.2) is 34.5 Å². The summed E-state index contributed by atoms with van der Waals surface area (Å²) >= 11 is 12.4. The Morgan fingerprint density at radius 1 is 0.970 bits per heavy atom. The maximum Gasteiger partial charge on any atom is 0.258 e. The third-order valence-electron chi connectivity index (χ3n) is 4.23. The fourth-order valence-corrected chi connectivity index (χ4v) is 3.17. The summed E-state index contributed by atoms with van der Waals surface area (Å²) in [6, 6.07) is 4.60. The Balaban J connectivity index is 2.37. The van der Waals surface area contributed by atoms with E-state index in [2.05, 4.69) is 15.5 Å². The number of amides is 1. The number of azo groups is 1. The molecule has 2 aromatic rings. The Hall–Kier alpha value is -3.04. The van der Waals surface area contributed by atoms with E-state index >= 15 is 0 Å². The molecule has 0 aromatic heterocycles. The number of anilines is 1. The van der Waals surface area contributed by atoms with Crippen LogP contribution in [0.4, 0.5) is 11.4 Å². The molecule has 9 nitrogen and oxygen atoms in total. The second-order valence-electron chi connectivity index (χ2n) is 6.52. The monoisotopic (exact) mass is 497 g/mol. The molecule has 1 amide bonds. The number of halogens is 2. The summed E-state index contributed by atoms with van der Waals surface area (Å²) in [7, 11) is 2.91. The summed E-state index contributed by atoms with van der Waals surface area (Å²) in [6.07, 6.45) is 0. The highest BCUT2D eigenvalue weighted by Gasteiger charge is 2.25. The van der Waals surface area contributed by atoms with Crippen molar-refractivity contribution in [2.75, 3.05) is 32.8 Å². The second-order valence-corrected chi connectivity index (χ2v) is 7.37. The lowest BCUT2D eigenvalue weighted by atomic mass is 10.2. The van der Waals surface area contributed by atoms with Gasteiger partial charge in [0.2, 0.25) is 6.04 Å². The molecule has 1 N–H and O–H groups in total. The first kappa shape index (κ1) is 26.2. The fraction of sp³-hybridized carbons (Fsp3) is 0.364. The Morgan fingerprint density at radius 2 is 1.61 bits per heavy atom. The van der Waals surface area contributed by atoms with E-state index in [1.807, 2.05) is 6.92 Å². The number of hydrogen-bond donors (Lipinski definition) is 1. The third kappa shape index (κ3) is 6.72. The minimum Gasteiger partial charge on any atom is -0.493 e. The maximum absolute atomic E-state index is 12.8. The van der Waals surface area contributed by atoms with Crippen molar-refractivity contribution < 1.29 is 28.5 Å². The largest absolute Gasteiger partial charge is 0.493 e. The Bertz CT molecular complexity index is 1050. The molecule has 1 unspecified atom stereocenters. The van der Waals surface area contributed by atoms with Crippen molar-refractivity contribution in [1.29, 1.82) is 0 Å². The van der Waals surface area contributed by atoms with Gasteiger partial charge >= 0.3 is 0 Å². The van der Waals surface area contributed by atoms with Crippen LogP contribution in [-0.4, -0.2) is 45.2 Å². The lowest BCUT2D eigenvalue weighted by molar-refractivity contribution is -0.126. The van der Waals surface area contributed by atoms with E-state index in [0.29, 0.717) is 41.2 Å². The zero-order chi connectivity index (χ0) is 24.5. The quantitative estimate of drug-likeness (QED) is 0.324. The molecule has 11 heteroatoms. The number of nitrogens with one attached hydrogen (secondary N) is 1. The minimum absolute atomic E-state index is 0.190. The normalized spacial score (nSPS) is 11.7. The number of ether oxygens (including phenoxy) is 4. The number of carbonyl (C=O) groups is 2. The Labute approximate surface area is 202 Å². The van der Waals surface area contributed by atoms with E-state index < -0.39 is 17.7 Å². The molecule has 2 aromatic carbocycles. The van der Waals surface area contributed by atoms with Crippen LogP contribution >= 0.6 is 23.2 Å². The predicted octanol–water partition coefficient (Wildman–Crippen LogP) is 5.49. The van der Waals surface area contributed by atoms with Gasteiger partial charge in [0.15, 0.2) is 28.8 Å². The summed E-state index contributed by atoms with van der Waals surface area (Å²) in [5, 5.41) is 11.1. The number of hydrogen-bond acceptors (Lipinski definition) is 8. The first-order valence-electron chi connectivity index (χ1n) is 9.98. The number of Topliss-reactive ketones (excluding diaryl/α,β-unsaturated/α-hetero) is 1. The van der Waals surface area contributed by atoms with Crippen LogP contribution in [0.5, 0.6) is 23.0 Å². The van der Waals surface area contributed by atoms with E-state index in [0.717, 1.165) is 0 Å². The zero-order valence-electron chi connectivity index (χ0n) is 18.9. The zero-order valence-corrected chi connectivity index (χ0v) is 20.4. The lowest BCUT2D eigenvalue weighted by Crippen LogP contribution is -2.32. The van der Waals surface area contributed by atoms with Crippen molar-refractivity contribution in [2.24, 2.45) is 10.2 Å². The molecule has 0 saturated carbocycles. The summed E-state index contributed by atoms with van der Waals surface area (Å²) in [5.74, 6) is 0.155. The van der Waals surface area contributed by atoms with E-state index in [1.54, 1.807) is 13.0 Å². The molecule has 0 radical (unpaired) electrons. The van der Waals surface area contributed by atoms with Crippen LogP contribution in [0.1, 0.15) is 20.8 Å². The summed E-state index contributed by atoms with van der Waals surface area (Å²) in [5.41, 5.74) is 0.438. The first-order valence-corrected chi connectivity index (χ1v) is 10.7.